The van der Waals surface area contributed by atoms with E-state index in [9.17, 15) is 13.6 Å². The number of urea groups is 1. The molecule has 1 fully saturated rings. The van der Waals surface area contributed by atoms with Crippen molar-refractivity contribution in [3.05, 3.63) is 53.4 Å². The number of hydrazone groups is 1. The lowest BCUT2D eigenvalue weighted by Crippen LogP contribution is -2.52. The van der Waals surface area contributed by atoms with Gasteiger partial charge in [0, 0.05) is 44.9 Å². The Hall–Kier alpha value is -3.26. The maximum absolute atomic E-state index is 13.6. The molecular formula is C19H19F2N7OS. The summed E-state index contributed by atoms with van der Waals surface area (Å²) >= 11 is 0. The van der Waals surface area contributed by atoms with Gasteiger partial charge in [-0.05, 0) is 17.7 Å². The van der Waals surface area contributed by atoms with Crippen LogP contribution in [0.2, 0.25) is 0 Å². The number of hydrogen-bond acceptors (Lipinski definition) is 6. The van der Waals surface area contributed by atoms with Crippen LogP contribution in [0, 0.1) is 23.0 Å². The molecule has 11 heteroatoms. The van der Waals surface area contributed by atoms with Crippen LogP contribution in [0.3, 0.4) is 0 Å². The van der Waals surface area contributed by atoms with Gasteiger partial charge in [-0.25, -0.2) is 28.6 Å². The predicted molar refractivity (Wildman–Crippen MR) is 110 cm³/mol. The number of anilines is 1. The molecule has 0 unspecified atom stereocenters. The zero-order valence-corrected chi connectivity index (χ0v) is 16.9. The van der Waals surface area contributed by atoms with E-state index < -0.39 is 17.7 Å². The zero-order valence-electron chi connectivity index (χ0n) is 15.9. The SMILES string of the molecule is N#Cc1cnc(N2CCN(C(=O)N3N=CC[C@H]3c3cc(F)cc(F)c3)CC2)nc1.S. The van der Waals surface area contributed by atoms with Gasteiger partial charge in [-0.3, -0.25) is 0 Å². The number of halogens is 2. The quantitative estimate of drug-likeness (QED) is 0.729. The normalized spacial score (nSPS) is 18.2. The Morgan fingerprint density at radius 1 is 1.07 bits per heavy atom. The lowest BCUT2D eigenvalue weighted by molar-refractivity contribution is 0.139. The number of benzene rings is 1. The number of carbonyl (C=O) groups is 1. The van der Waals surface area contributed by atoms with Crippen molar-refractivity contribution in [1.29, 1.82) is 5.26 Å². The Balaban J connectivity index is 0.00000256. The number of nitriles is 1. The third-order valence-electron chi connectivity index (χ3n) is 4.90. The fraction of sp³-hybridized carbons (Fsp3) is 0.316. The van der Waals surface area contributed by atoms with Gasteiger partial charge >= 0.3 is 6.03 Å². The molecular weight excluding hydrogens is 412 g/mol. The average Bonchev–Trinajstić information content (AvgIpc) is 3.23. The molecule has 30 heavy (non-hydrogen) atoms. The van der Waals surface area contributed by atoms with Crippen molar-refractivity contribution >= 4 is 31.7 Å². The fourth-order valence-electron chi connectivity index (χ4n) is 3.43. The van der Waals surface area contributed by atoms with Crippen LogP contribution in [-0.4, -0.2) is 58.3 Å². The first-order valence-corrected chi connectivity index (χ1v) is 9.09. The van der Waals surface area contributed by atoms with Crippen LogP contribution in [0.5, 0.6) is 0 Å². The Morgan fingerprint density at radius 3 is 2.30 bits per heavy atom. The number of amides is 2. The third-order valence-corrected chi connectivity index (χ3v) is 4.90. The molecule has 0 spiro atoms. The minimum atomic E-state index is -0.685. The van der Waals surface area contributed by atoms with E-state index in [0.29, 0.717) is 49.7 Å². The molecule has 2 aliphatic rings. The molecule has 1 aromatic carbocycles. The standard InChI is InChI=1S/C19H17F2N7O.H2S/c20-15-7-14(8-16(21)9-15)17-1-2-25-28(17)19(29)27-5-3-26(4-6-27)18-23-11-13(10-22)12-24-18;/h2,7-9,11-12,17H,1,3-6H2;1H2/t17-;/m0./s1. The van der Waals surface area contributed by atoms with E-state index in [1.54, 1.807) is 11.1 Å². The first-order valence-electron chi connectivity index (χ1n) is 9.09. The molecule has 1 atom stereocenters. The van der Waals surface area contributed by atoms with Gasteiger partial charge in [-0.2, -0.15) is 23.9 Å². The highest BCUT2D eigenvalue weighted by Gasteiger charge is 2.33. The topological polar surface area (TPSA) is 88.7 Å². The summed E-state index contributed by atoms with van der Waals surface area (Å²) in [6.07, 6.45) is 4.89. The maximum Gasteiger partial charge on any atom is 0.341 e. The van der Waals surface area contributed by atoms with Crippen LogP contribution in [0.4, 0.5) is 19.5 Å². The first-order chi connectivity index (χ1) is 14.0. The lowest BCUT2D eigenvalue weighted by Gasteiger charge is -2.37. The second-order valence-electron chi connectivity index (χ2n) is 6.74. The average molecular weight is 431 g/mol. The lowest BCUT2D eigenvalue weighted by atomic mass is 10.0. The van der Waals surface area contributed by atoms with Crippen molar-refractivity contribution < 1.29 is 13.6 Å². The van der Waals surface area contributed by atoms with Crippen molar-refractivity contribution in [1.82, 2.24) is 19.9 Å². The van der Waals surface area contributed by atoms with E-state index in [1.165, 1.54) is 29.5 Å². The van der Waals surface area contributed by atoms with E-state index >= 15 is 0 Å². The molecule has 2 aliphatic heterocycles. The van der Waals surface area contributed by atoms with Crippen LogP contribution in [0.25, 0.3) is 0 Å². The van der Waals surface area contributed by atoms with Gasteiger partial charge < -0.3 is 9.80 Å². The third kappa shape index (κ3) is 4.33. The maximum atomic E-state index is 13.6. The fourth-order valence-corrected chi connectivity index (χ4v) is 3.43. The summed E-state index contributed by atoms with van der Waals surface area (Å²) in [5.41, 5.74) is 0.757. The van der Waals surface area contributed by atoms with Gasteiger partial charge in [0.05, 0.1) is 24.0 Å². The summed E-state index contributed by atoms with van der Waals surface area (Å²) in [4.78, 5) is 24.9. The largest absolute Gasteiger partial charge is 0.341 e. The van der Waals surface area contributed by atoms with Crippen molar-refractivity contribution in [2.24, 2.45) is 5.10 Å². The summed E-state index contributed by atoms with van der Waals surface area (Å²) in [7, 11) is 0. The summed E-state index contributed by atoms with van der Waals surface area (Å²) in [5, 5.41) is 14.2. The smallest absolute Gasteiger partial charge is 0.337 e. The number of rotatable bonds is 2. The van der Waals surface area contributed by atoms with E-state index in [1.807, 2.05) is 11.0 Å². The number of piperazine rings is 1. The van der Waals surface area contributed by atoms with Gasteiger partial charge in [0.2, 0.25) is 5.95 Å². The monoisotopic (exact) mass is 431 g/mol. The summed E-state index contributed by atoms with van der Waals surface area (Å²) in [6.45, 7) is 1.90. The van der Waals surface area contributed by atoms with Crippen LogP contribution in [0.15, 0.2) is 35.7 Å². The Bertz CT molecular complexity index is 967. The molecule has 0 aliphatic carbocycles. The Labute approximate surface area is 178 Å². The number of carbonyl (C=O) groups excluding carboxylic acids is 1. The number of nitrogens with zero attached hydrogens (tertiary/aromatic N) is 7. The van der Waals surface area contributed by atoms with Crippen molar-refractivity contribution in [3.63, 3.8) is 0 Å². The van der Waals surface area contributed by atoms with Crippen molar-refractivity contribution in [2.75, 3.05) is 31.1 Å². The molecule has 0 radical (unpaired) electrons. The molecule has 4 rings (SSSR count). The van der Waals surface area contributed by atoms with E-state index in [4.69, 9.17) is 5.26 Å². The minimum Gasteiger partial charge on any atom is -0.337 e. The van der Waals surface area contributed by atoms with E-state index in [2.05, 4.69) is 15.1 Å². The van der Waals surface area contributed by atoms with Crippen LogP contribution >= 0.6 is 13.5 Å². The van der Waals surface area contributed by atoms with E-state index in [-0.39, 0.29) is 19.5 Å². The Kier molecular flexibility index (Phi) is 6.47. The van der Waals surface area contributed by atoms with Gasteiger partial charge in [-0.15, -0.1) is 0 Å². The van der Waals surface area contributed by atoms with Crippen LogP contribution < -0.4 is 4.90 Å². The minimum absolute atomic E-state index is 0. The molecule has 8 nitrogen and oxygen atoms in total. The summed E-state index contributed by atoms with van der Waals surface area (Å²) in [6, 6.07) is 4.38. The zero-order chi connectivity index (χ0) is 20.4. The summed E-state index contributed by atoms with van der Waals surface area (Å²) in [5.74, 6) is -0.867. The number of aromatic nitrogens is 2. The molecule has 1 saturated heterocycles. The van der Waals surface area contributed by atoms with Crippen LogP contribution in [0.1, 0.15) is 23.6 Å². The number of hydrogen-bond donors (Lipinski definition) is 0. The highest BCUT2D eigenvalue weighted by molar-refractivity contribution is 7.59. The highest BCUT2D eigenvalue weighted by atomic mass is 32.1. The van der Waals surface area contributed by atoms with Crippen LogP contribution in [-0.2, 0) is 0 Å². The molecule has 1 aromatic heterocycles. The van der Waals surface area contributed by atoms with Crippen molar-refractivity contribution in [3.8, 4) is 6.07 Å². The molecule has 0 bridgehead atoms. The molecule has 3 heterocycles. The van der Waals surface area contributed by atoms with Gasteiger partial charge in [-0.1, -0.05) is 0 Å². The first kappa shape index (κ1) is 21.4. The predicted octanol–water partition coefficient (Wildman–Crippen LogP) is 2.41. The van der Waals surface area contributed by atoms with E-state index in [0.717, 1.165) is 6.07 Å². The second kappa shape index (κ2) is 9.04. The molecule has 2 amide bonds. The van der Waals surface area contributed by atoms with Crippen molar-refractivity contribution in [2.45, 2.75) is 12.5 Å². The summed E-state index contributed by atoms with van der Waals surface area (Å²) < 4.78 is 27.2. The second-order valence-corrected chi connectivity index (χ2v) is 6.74. The Morgan fingerprint density at radius 2 is 1.70 bits per heavy atom. The molecule has 0 saturated carbocycles. The van der Waals surface area contributed by atoms with Gasteiger partial charge in [0.15, 0.2) is 0 Å². The van der Waals surface area contributed by atoms with Gasteiger partial charge in [0.25, 0.3) is 0 Å². The molecule has 2 aromatic rings. The highest BCUT2D eigenvalue weighted by Crippen LogP contribution is 2.30. The van der Waals surface area contributed by atoms with Gasteiger partial charge in [0.1, 0.15) is 17.7 Å². The molecule has 0 N–H and O–H groups in total. The molecule has 156 valence electrons.